The van der Waals surface area contributed by atoms with Gasteiger partial charge in [0.1, 0.15) is 11.6 Å². The van der Waals surface area contributed by atoms with E-state index in [0.29, 0.717) is 49.4 Å². The second kappa shape index (κ2) is 16.0. The molecule has 3 N–H and O–H groups in total. The molecule has 2 saturated heterocycles. The van der Waals surface area contributed by atoms with Gasteiger partial charge in [0.25, 0.3) is 0 Å². The van der Waals surface area contributed by atoms with E-state index in [1.165, 1.54) is 11.6 Å². The fourth-order valence-corrected chi connectivity index (χ4v) is 5.53. The Balaban J connectivity index is 1.09. The molecular formula is C31H46FN5O4. The van der Waals surface area contributed by atoms with Crippen molar-refractivity contribution in [2.24, 2.45) is 17.8 Å². The van der Waals surface area contributed by atoms with E-state index in [9.17, 15) is 9.18 Å². The number of aliphatic hydroxyl groups excluding tert-OH is 2. The van der Waals surface area contributed by atoms with Gasteiger partial charge in [0.2, 0.25) is 11.9 Å². The predicted octanol–water partition coefficient (Wildman–Crippen LogP) is 2.84. The highest BCUT2D eigenvalue weighted by molar-refractivity contribution is 5.79. The van der Waals surface area contributed by atoms with Gasteiger partial charge < -0.3 is 30.1 Å². The lowest BCUT2D eigenvalue weighted by molar-refractivity contribution is -0.136. The number of benzene rings is 1. The molecule has 10 heteroatoms. The summed E-state index contributed by atoms with van der Waals surface area (Å²) in [7, 11) is 0. The lowest BCUT2D eigenvalue weighted by atomic mass is 9.92. The number of hydrogen-bond acceptors (Lipinski definition) is 8. The van der Waals surface area contributed by atoms with E-state index in [4.69, 9.17) is 14.9 Å². The van der Waals surface area contributed by atoms with Crippen LogP contribution >= 0.6 is 0 Å². The molecule has 0 saturated carbocycles. The van der Waals surface area contributed by atoms with E-state index in [1.54, 1.807) is 17.0 Å². The number of aromatic nitrogens is 2. The van der Waals surface area contributed by atoms with Crippen molar-refractivity contribution >= 4 is 11.9 Å². The summed E-state index contributed by atoms with van der Waals surface area (Å²) < 4.78 is 20.5. The molecule has 1 amide bonds. The number of ether oxygens (including phenoxy) is 1. The van der Waals surface area contributed by atoms with Gasteiger partial charge in [0, 0.05) is 82.8 Å². The fourth-order valence-electron chi connectivity index (χ4n) is 5.53. The van der Waals surface area contributed by atoms with Crippen molar-refractivity contribution in [1.29, 1.82) is 0 Å². The molecule has 226 valence electrons. The fraction of sp³-hybridized carbons (Fsp3) is 0.645. The second-order valence-corrected chi connectivity index (χ2v) is 11.5. The summed E-state index contributed by atoms with van der Waals surface area (Å²) in [5.74, 6) is 1.65. The third-order valence-corrected chi connectivity index (χ3v) is 8.21. The summed E-state index contributed by atoms with van der Waals surface area (Å²) in [6.45, 7) is 7.06. The van der Waals surface area contributed by atoms with E-state index >= 15 is 0 Å². The Kier molecular flexibility index (Phi) is 12.1. The third-order valence-electron chi connectivity index (χ3n) is 8.21. The number of carbonyl (C=O) groups is 1. The van der Waals surface area contributed by atoms with Gasteiger partial charge in [0.05, 0.1) is 13.0 Å². The van der Waals surface area contributed by atoms with Crippen LogP contribution in [-0.2, 0) is 17.6 Å². The zero-order valence-electron chi connectivity index (χ0n) is 24.3. The second-order valence-electron chi connectivity index (χ2n) is 11.5. The number of hydrogen-bond donors (Lipinski definition) is 3. The van der Waals surface area contributed by atoms with Crippen molar-refractivity contribution in [1.82, 2.24) is 20.2 Å². The van der Waals surface area contributed by atoms with Crippen molar-refractivity contribution in [2.45, 2.75) is 51.9 Å². The van der Waals surface area contributed by atoms with Gasteiger partial charge in [-0.05, 0) is 55.2 Å². The van der Waals surface area contributed by atoms with Crippen LogP contribution in [0, 0.1) is 23.6 Å². The number of halogens is 1. The maximum Gasteiger partial charge on any atom is 0.227 e. The molecule has 0 spiro atoms. The van der Waals surface area contributed by atoms with E-state index in [2.05, 4.69) is 27.1 Å². The quantitative estimate of drug-likeness (QED) is 0.264. The summed E-state index contributed by atoms with van der Waals surface area (Å²) >= 11 is 0. The monoisotopic (exact) mass is 571 g/mol. The summed E-state index contributed by atoms with van der Waals surface area (Å²) in [4.78, 5) is 25.7. The minimum Gasteiger partial charge on any atom is -0.493 e. The van der Waals surface area contributed by atoms with Crippen LogP contribution in [0.2, 0.25) is 0 Å². The Bertz CT molecular complexity index is 1070. The summed E-state index contributed by atoms with van der Waals surface area (Å²) in [6.07, 6.45) is 10.3. The first-order chi connectivity index (χ1) is 20.0. The number of nitrogens with zero attached hydrogens (tertiary/aromatic N) is 4. The predicted molar refractivity (Wildman–Crippen MR) is 156 cm³/mol. The lowest BCUT2D eigenvalue weighted by Gasteiger charge is -2.39. The number of anilines is 1. The van der Waals surface area contributed by atoms with Crippen LogP contribution in [-0.4, -0.2) is 90.1 Å². The van der Waals surface area contributed by atoms with Crippen molar-refractivity contribution in [3.63, 3.8) is 0 Å². The van der Waals surface area contributed by atoms with Crippen LogP contribution in [0.1, 0.15) is 50.2 Å². The molecule has 3 heterocycles. The highest BCUT2D eigenvalue weighted by atomic mass is 19.1. The van der Waals surface area contributed by atoms with Crippen molar-refractivity contribution in [3.05, 3.63) is 47.5 Å². The normalized spacial score (nSPS) is 16.3. The molecule has 2 aliphatic heterocycles. The van der Waals surface area contributed by atoms with Gasteiger partial charge >= 0.3 is 0 Å². The zero-order valence-corrected chi connectivity index (χ0v) is 24.3. The first-order valence-corrected chi connectivity index (χ1v) is 15.2. The SMILES string of the molecule is CCCc1cnc(N2CCC(CCCOc3ccc(CC(=O)N4CC(CNCC(CO)CO)C4)c(F)c3)CC2)nc1. The number of aliphatic hydroxyl groups is 2. The standard InChI is InChI=1S/C31H46FN5O4/c1-2-4-24-17-34-31(35-18-24)36-10-8-23(9-11-36)5-3-12-41-28-7-6-27(29(32)14-28)13-30(40)37-19-25(20-37)15-33-16-26(21-38)22-39/h6-7,14,17-18,23,25-26,33,38-39H,2-5,8-13,15-16,19-22H2,1H3. The van der Waals surface area contributed by atoms with E-state index < -0.39 is 5.82 Å². The minimum atomic E-state index is -0.411. The number of amides is 1. The van der Waals surface area contributed by atoms with Crippen LogP contribution in [0.25, 0.3) is 0 Å². The van der Waals surface area contributed by atoms with Crippen LogP contribution in [0.3, 0.4) is 0 Å². The van der Waals surface area contributed by atoms with Gasteiger partial charge in [-0.25, -0.2) is 14.4 Å². The van der Waals surface area contributed by atoms with Crippen LogP contribution in [0.4, 0.5) is 10.3 Å². The maximum atomic E-state index is 14.7. The van der Waals surface area contributed by atoms with Crippen LogP contribution in [0.5, 0.6) is 5.75 Å². The molecule has 9 nitrogen and oxygen atoms in total. The van der Waals surface area contributed by atoms with Crippen LogP contribution in [0.15, 0.2) is 30.6 Å². The molecule has 0 atom stereocenters. The van der Waals surface area contributed by atoms with Gasteiger partial charge in [0.15, 0.2) is 0 Å². The summed E-state index contributed by atoms with van der Waals surface area (Å²) in [5.41, 5.74) is 1.57. The Morgan fingerprint density at radius 3 is 2.54 bits per heavy atom. The van der Waals surface area contributed by atoms with Crippen LogP contribution < -0.4 is 15.0 Å². The Morgan fingerprint density at radius 2 is 1.88 bits per heavy atom. The third kappa shape index (κ3) is 9.34. The lowest BCUT2D eigenvalue weighted by Crippen LogP contribution is -2.54. The molecular weight excluding hydrogens is 525 g/mol. The number of carbonyl (C=O) groups excluding carboxylic acids is 1. The van der Waals surface area contributed by atoms with Gasteiger partial charge in [-0.3, -0.25) is 4.79 Å². The highest BCUT2D eigenvalue weighted by Crippen LogP contribution is 2.25. The highest BCUT2D eigenvalue weighted by Gasteiger charge is 2.30. The maximum absolute atomic E-state index is 14.7. The Morgan fingerprint density at radius 1 is 1.15 bits per heavy atom. The average molecular weight is 572 g/mol. The van der Waals surface area contributed by atoms with E-state index in [0.717, 1.165) is 64.1 Å². The smallest absolute Gasteiger partial charge is 0.227 e. The van der Waals surface area contributed by atoms with Crippen molar-refractivity contribution in [3.8, 4) is 5.75 Å². The number of rotatable bonds is 16. The zero-order chi connectivity index (χ0) is 29.0. The number of aryl methyl sites for hydroxylation is 1. The largest absolute Gasteiger partial charge is 0.493 e. The van der Waals surface area contributed by atoms with Gasteiger partial charge in [-0.1, -0.05) is 19.4 Å². The van der Waals surface area contributed by atoms with E-state index in [-0.39, 0.29) is 31.5 Å². The minimum absolute atomic E-state index is 0.0377. The molecule has 41 heavy (non-hydrogen) atoms. The molecule has 2 aromatic rings. The molecule has 0 unspecified atom stereocenters. The molecule has 0 aliphatic carbocycles. The molecule has 0 radical (unpaired) electrons. The molecule has 4 rings (SSSR count). The average Bonchev–Trinajstić information content (AvgIpc) is 2.96. The number of piperidine rings is 1. The molecule has 2 fully saturated rings. The summed E-state index contributed by atoms with van der Waals surface area (Å²) in [5, 5.41) is 21.5. The summed E-state index contributed by atoms with van der Waals surface area (Å²) in [6, 6.07) is 4.78. The van der Waals surface area contributed by atoms with Crippen molar-refractivity contribution in [2.75, 3.05) is 64.0 Å². The van der Waals surface area contributed by atoms with Gasteiger partial charge in [-0.2, -0.15) is 0 Å². The molecule has 1 aromatic heterocycles. The Labute approximate surface area is 243 Å². The molecule has 1 aromatic carbocycles. The first-order valence-electron chi connectivity index (χ1n) is 15.2. The molecule has 0 bridgehead atoms. The number of nitrogens with one attached hydrogen (secondary N) is 1. The molecule has 2 aliphatic rings. The van der Waals surface area contributed by atoms with E-state index in [1.807, 2.05) is 12.4 Å². The van der Waals surface area contributed by atoms with Crippen molar-refractivity contribution < 1.29 is 24.1 Å². The number of likely N-dealkylation sites (tertiary alicyclic amines) is 1. The topological polar surface area (TPSA) is 111 Å². The first kappa shape index (κ1) is 31.1. The Hall–Kier alpha value is -2.82. The van der Waals surface area contributed by atoms with Gasteiger partial charge in [-0.15, -0.1) is 0 Å².